The Balaban J connectivity index is 1.13. The van der Waals surface area contributed by atoms with Gasteiger partial charge in [0.1, 0.15) is 12.1 Å². The van der Waals surface area contributed by atoms with Crippen molar-refractivity contribution in [3.05, 3.63) is 127 Å². The maximum Gasteiger partial charge on any atom is 0.256 e. The van der Waals surface area contributed by atoms with Crippen molar-refractivity contribution in [3.63, 3.8) is 0 Å². The summed E-state index contributed by atoms with van der Waals surface area (Å²) in [6, 6.07) is 28.8. The van der Waals surface area contributed by atoms with E-state index in [0.29, 0.717) is 45.3 Å². The molecule has 0 bridgehead atoms. The Labute approximate surface area is 294 Å². The lowest BCUT2D eigenvalue weighted by atomic mass is 9.95. The standard InChI is InChI=1S/C39H39N5O7/c1-24(41-36(47)38(3,49)28-11-7-5-8-12-28)33(45)43-30-19-15-26(16-20-30)32-23-40-35(51-32)27-17-21-31(22-18-27)44-34(46)25(2)42-37(48)39(4,50)29-13-9-6-10-14-29/h5-25,49-50H,1-4H3,(H,41,47)(H,42,48)(H,43,45)(H,44,46)/t24-,25-,38+,39+/m0/s1. The van der Waals surface area contributed by atoms with Crippen LogP contribution in [0.3, 0.4) is 0 Å². The van der Waals surface area contributed by atoms with Crippen LogP contribution in [0.1, 0.15) is 38.8 Å². The number of anilines is 2. The van der Waals surface area contributed by atoms with Crippen LogP contribution in [0.25, 0.3) is 22.8 Å². The van der Waals surface area contributed by atoms with Gasteiger partial charge >= 0.3 is 0 Å². The van der Waals surface area contributed by atoms with Crippen LogP contribution in [0.2, 0.25) is 0 Å². The molecule has 0 radical (unpaired) electrons. The summed E-state index contributed by atoms with van der Waals surface area (Å²) in [7, 11) is 0. The number of carbonyl (C=O) groups excluding carboxylic acids is 4. The third-order valence-electron chi connectivity index (χ3n) is 8.38. The molecular formula is C39H39N5O7. The average molecular weight is 690 g/mol. The molecule has 262 valence electrons. The van der Waals surface area contributed by atoms with Crippen LogP contribution in [0.15, 0.2) is 120 Å². The number of rotatable bonds is 12. The third kappa shape index (κ3) is 8.55. The quantitative estimate of drug-likeness (QED) is 0.109. The highest BCUT2D eigenvalue weighted by molar-refractivity contribution is 5.99. The van der Waals surface area contributed by atoms with Gasteiger partial charge in [-0.3, -0.25) is 19.2 Å². The highest BCUT2D eigenvalue weighted by Crippen LogP contribution is 2.28. The number of nitrogens with zero attached hydrogens (tertiary/aromatic N) is 1. The SMILES string of the molecule is C[C@H](NC(=O)[C@](C)(O)c1ccccc1)C(=O)Nc1ccc(-c2cnc(-c3ccc(NC(=O)[C@H](C)NC(=O)[C@](C)(O)c4ccccc4)cc3)o2)cc1. The normalized spacial score (nSPS) is 14.5. The molecular weight excluding hydrogens is 650 g/mol. The van der Waals surface area contributed by atoms with Crippen LogP contribution in [-0.2, 0) is 30.4 Å². The van der Waals surface area contributed by atoms with Gasteiger partial charge in [0.05, 0.1) is 6.20 Å². The van der Waals surface area contributed by atoms with Crippen molar-refractivity contribution in [1.29, 1.82) is 0 Å². The monoisotopic (exact) mass is 689 g/mol. The molecule has 12 nitrogen and oxygen atoms in total. The molecule has 0 aliphatic carbocycles. The van der Waals surface area contributed by atoms with Crippen LogP contribution >= 0.6 is 0 Å². The molecule has 0 aliphatic rings. The number of aliphatic hydroxyl groups is 2. The van der Waals surface area contributed by atoms with Gasteiger partial charge in [-0.05, 0) is 87.4 Å². The number of nitrogens with one attached hydrogen (secondary N) is 4. The molecule has 0 fully saturated rings. The van der Waals surface area contributed by atoms with E-state index in [-0.39, 0.29) is 0 Å². The van der Waals surface area contributed by atoms with Crippen LogP contribution in [0, 0.1) is 0 Å². The van der Waals surface area contributed by atoms with Crippen LogP contribution in [-0.4, -0.2) is 50.9 Å². The van der Waals surface area contributed by atoms with E-state index in [2.05, 4.69) is 26.3 Å². The van der Waals surface area contributed by atoms with E-state index in [0.717, 1.165) is 0 Å². The van der Waals surface area contributed by atoms with Crippen LogP contribution in [0.5, 0.6) is 0 Å². The molecule has 5 rings (SSSR count). The van der Waals surface area contributed by atoms with Crippen molar-refractivity contribution < 1.29 is 33.8 Å². The smallest absolute Gasteiger partial charge is 0.256 e. The Bertz CT molecular complexity index is 1850. The summed E-state index contributed by atoms with van der Waals surface area (Å²) in [6.07, 6.45) is 1.57. The predicted octanol–water partition coefficient (Wildman–Crippen LogP) is 4.71. The summed E-state index contributed by atoms with van der Waals surface area (Å²) in [5, 5.41) is 32.1. The Morgan fingerprint density at radius 3 is 1.41 bits per heavy atom. The van der Waals surface area contributed by atoms with E-state index < -0.39 is 46.9 Å². The van der Waals surface area contributed by atoms with E-state index in [1.54, 1.807) is 115 Å². The lowest BCUT2D eigenvalue weighted by molar-refractivity contribution is -0.141. The Morgan fingerprint density at radius 1 is 0.608 bits per heavy atom. The number of oxazole rings is 1. The zero-order valence-electron chi connectivity index (χ0n) is 28.5. The molecule has 51 heavy (non-hydrogen) atoms. The number of hydrogen-bond donors (Lipinski definition) is 6. The molecule has 12 heteroatoms. The first-order valence-corrected chi connectivity index (χ1v) is 16.2. The fourth-order valence-electron chi connectivity index (χ4n) is 5.05. The molecule has 1 heterocycles. The fraction of sp³-hybridized carbons (Fsp3) is 0.205. The Hall–Kier alpha value is -6.11. The van der Waals surface area contributed by atoms with Gasteiger partial charge in [-0.2, -0.15) is 0 Å². The van der Waals surface area contributed by atoms with Crippen molar-refractivity contribution in [1.82, 2.24) is 15.6 Å². The van der Waals surface area contributed by atoms with E-state index in [1.165, 1.54) is 27.7 Å². The van der Waals surface area contributed by atoms with Gasteiger partial charge in [-0.25, -0.2) is 4.98 Å². The Morgan fingerprint density at radius 2 is 1.00 bits per heavy atom. The largest absolute Gasteiger partial charge is 0.436 e. The highest BCUT2D eigenvalue weighted by Gasteiger charge is 2.35. The molecule has 0 saturated carbocycles. The molecule has 0 aliphatic heterocycles. The van der Waals surface area contributed by atoms with E-state index >= 15 is 0 Å². The van der Waals surface area contributed by atoms with Gasteiger partial charge in [0.2, 0.25) is 17.7 Å². The van der Waals surface area contributed by atoms with E-state index in [1.807, 2.05) is 0 Å². The average Bonchev–Trinajstić information content (AvgIpc) is 3.63. The number of amides is 4. The topological polar surface area (TPSA) is 183 Å². The minimum Gasteiger partial charge on any atom is -0.436 e. The van der Waals surface area contributed by atoms with Gasteiger partial charge in [-0.15, -0.1) is 0 Å². The first-order chi connectivity index (χ1) is 24.3. The zero-order chi connectivity index (χ0) is 36.8. The molecule has 4 atom stereocenters. The molecule has 4 aromatic carbocycles. The molecule has 0 saturated heterocycles. The summed E-state index contributed by atoms with van der Waals surface area (Å²) in [5.41, 5.74) is -0.454. The summed E-state index contributed by atoms with van der Waals surface area (Å²) >= 11 is 0. The van der Waals surface area contributed by atoms with Crippen LogP contribution in [0.4, 0.5) is 11.4 Å². The second-order valence-corrected chi connectivity index (χ2v) is 12.4. The first-order valence-electron chi connectivity index (χ1n) is 16.2. The highest BCUT2D eigenvalue weighted by atomic mass is 16.4. The van der Waals surface area contributed by atoms with Gasteiger partial charge in [0.25, 0.3) is 11.8 Å². The lowest BCUT2D eigenvalue weighted by Crippen LogP contribution is -2.49. The van der Waals surface area contributed by atoms with Crippen molar-refractivity contribution >= 4 is 35.0 Å². The number of hydrogen-bond acceptors (Lipinski definition) is 8. The molecule has 4 amide bonds. The molecule has 1 aromatic heterocycles. The summed E-state index contributed by atoms with van der Waals surface area (Å²) < 4.78 is 5.97. The van der Waals surface area contributed by atoms with Crippen molar-refractivity contribution in [3.8, 4) is 22.8 Å². The van der Waals surface area contributed by atoms with Gasteiger partial charge in [-0.1, -0.05) is 60.7 Å². The molecule has 6 N–H and O–H groups in total. The lowest BCUT2D eigenvalue weighted by Gasteiger charge is -2.25. The second-order valence-electron chi connectivity index (χ2n) is 12.4. The van der Waals surface area contributed by atoms with Crippen LogP contribution < -0.4 is 21.3 Å². The van der Waals surface area contributed by atoms with Crippen molar-refractivity contribution in [2.24, 2.45) is 0 Å². The molecule has 5 aromatic rings. The van der Waals surface area contributed by atoms with Crippen molar-refractivity contribution in [2.45, 2.75) is 51.0 Å². The fourth-order valence-corrected chi connectivity index (χ4v) is 5.05. The summed E-state index contributed by atoms with van der Waals surface area (Å²) in [5.74, 6) is -1.49. The van der Waals surface area contributed by atoms with Crippen molar-refractivity contribution in [2.75, 3.05) is 10.6 Å². The van der Waals surface area contributed by atoms with Gasteiger partial charge in [0, 0.05) is 22.5 Å². The second kappa shape index (κ2) is 15.2. The minimum absolute atomic E-state index is 0.347. The third-order valence-corrected chi connectivity index (χ3v) is 8.38. The van der Waals surface area contributed by atoms with Gasteiger partial charge < -0.3 is 35.9 Å². The number of carbonyl (C=O) groups is 4. The maximum atomic E-state index is 12.8. The van der Waals surface area contributed by atoms with E-state index in [9.17, 15) is 29.4 Å². The summed E-state index contributed by atoms with van der Waals surface area (Å²) in [6.45, 7) is 5.80. The molecule has 0 spiro atoms. The first kappa shape index (κ1) is 36.2. The number of benzene rings is 4. The minimum atomic E-state index is -1.81. The summed E-state index contributed by atoms with van der Waals surface area (Å²) in [4.78, 5) is 55.4. The number of aromatic nitrogens is 1. The Kier molecular flexibility index (Phi) is 10.8. The molecule has 0 unspecified atom stereocenters. The predicted molar refractivity (Wildman–Crippen MR) is 192 cm³/mol. The van der Waals surface area contributed by atoms with Gasteiger partial charge in [0.15, 0.2) is 17.0 Å². The zero-order valence-corrected chi connectivity index (χ0v) is 28.5. The maximum absolute atomic E-state index is 12.8. The van der Waals surface area contributed by atoms with E-state index in [4.69, 9.17) is 4.42 Å².